The lowest BCUT2D eigenvalue weighted by molar-refractivity contribution is -0.132. The summed E-state index contributed by atoms with van der Waals surface area (Å²) < 4.78 is 21.6. The Bertz CT molecular complexity index is 913. The van der Waals surface area contributed by atoms with Crippen LogP contribution in [0, 0.1) is 13.8 Å². The Hall–Kier alpha value is -3.42. The average molecular weight is 416 g/mol. The molecule has 2 rings (SSSR count). The van der Waals surface area contributed by atoms with Gasteiger partial charge in [0.1, 0.15) is 5.75 Å². The largest absolute Gasteiger partial charge is 0.493 e. The molecular formula is C22H28N2O6. The lowest BCUT2D eigenvalue weighted by Gasteiger charge is -2.18. The van der Waals surface area contributed by atoms with Crippen molar-refractivity contribution in [2.75, 3.05) is 21.3 Å². The summed E-state index contributed by atoms with van der Waals surface area (Å²) in [5.74, 6) is 1.01. The minimum Gasteiger partial charge on any atom is -0.493 e. The topological polar surface area (TPSA) is 95.1 Å². The van der Waals surface area contributed by atoms with Crippen LogP contribution in [-0.4, -0.2) is 39.2 Å². The number of carbonyl (C=O) groups is 2. The Morgan fingerprint density at radius 3 is 2.23 bits per heavy atom. The Morgan fingerprint density at radius 1 is 0.900 bits per heavy atom. The molecule has 0 bridgehead atoms. The summed E-state index contributed by atoms with van der Waals surface area (Å²) in [7, 11) is 4.48. The number of amides is 2. The van der Waals surface area contributed by atoms with Crippen LogP contribution in [0.3, 0.4) is 0 Å². The molecule has 162 valence electrons. The van der Waals surface area contributed by atoms with Crippen molar-refractivity contribution in [2.45, 2.75) is 33.3 Å². The first kappa shape index (κ1) is 22.9. The van der Waals surface area contributed by atoms with Gasteiger partial charge in [0, 0.05) is 5.56 Å². The van der Waals surface area contributed by atoms with Gasteiger partial charge in [-0.3, -0.25) is 20.4 Å². The third kappa shape index (κ3) is 5.34. The molecule has 0 saturated carbocycles. The van der Waals surface area contributed by atoms with Crippen LogP contribution in [-0.2, 0) is 16.0 Å². The van der Waals surface area contributed by atoms with Gasteiger partial charge in [-0.05, 0) is 44.0 Å². The number of hydrogen-bond acceptors (Lipinski definition) is 6. The van der Waals surface area contributed by atoms with Gasteiger partial charge in [-0.15, -0.1) is 0 Å². The van der Waals surface area contributed by atoms with Crippen molar-refractivity contribution in [2.24, 2.45) is 0 Å². The highest BCUT2D eigenvalue weighted by atomic mass is 16.5. The molecule has 2 aromatic rings. The van der Waals surface area contributed by atoms with Gasteiger partial charge in [-0.25, -0.2) is 0 Å². The summed E-state index contributed by atoms with van der Waals surface area (Å²) in [6.07, 6.45) is -0.822. The molecule has 0 aliphatic rings. The Kier molecular flexibility index (Phi) is 7.91. The van der Waals surface area contributed by atoms with Gasteiger partial charge in [0.05, 0.1) is 27.8 Å². The number of carbonyl (C=O) groups excluding carboxylic acids is 2. The minimum atomic E-state index is -0.790. The molecule has 8 nitrogen and oxygen atoms in total. The van der Waals surface area contributed by atoms with Gasteiger partial charge >= 0.3 is 0 Å². The lowest BCUT2D eigenvalue weighted by Crippen LogP contribution is -2.47. The molecule has 0 saturated heterocycles. The quantitative estimate of drug-likeness (QED) is 0.642. The predicted molar refractivity (Wildman–Crippen MR) is 112 cm³/mol. The molecule has 0 spiro atoms. The lowest BCUT2D eigenvalue weighted by atomic mass is 10.1. The molecule has 2 N–H and O–H groups in total. The standard InChI is InChI=1S/C22H28N2O6/c1-13-8-7-9-17(14(13)2)30-15(3)22(26)24-23-19(25)12-16-10-11-18(27-4)21(29-6)20(16)28-5/h7-11,15H,12H2,1-6H3,(H,23,25)(H,24,26)/t15-/m1/s1. The first-order valence-electron chi connectivity index (χ1n) is 9.41. The number of rotatable bonds is 8. The summed E-state index contributed by atoms with van der Waals surface area (Å²) in [4.78, 5) is 24.6. The second-order valence-electron chi connectivity index (χ2n) is 6.67. The number of aryl methyl sites for hydroxylation is 1. The third-order valence-electron chi connectivity index (χ3n) is 4.69. The van der Waals surface area contributed by atoms with Crippen LogP contribution in [0.4, 0.5) is 0 Å². The van der Waals surface area contributed by atoms with Crippen molar-refractivity contribution in [1.29, 1.82) is 0 Å². The van der Waals surface area contributed by atoms with Gasteiger partial charge < -0.3 is 18.9 Å². The summed E-state index contributed by atoms with van der Waals surface area (Å²) in [6, 6.07) is 9.01. The summed E-state index contributed by atoms with van der Waals surface area (Å²) >= 11 is 0. The summed E-state index contributed by atoms with van der Waals surface area (Å²) in [5, 5.41) is 0. The molecule has 0 fully saturated rings. The van der Waals surface area contributed by atoms with Gasteiger partial charge in [0.15, 0.2) is 17.6 Å². The molecule has 0 aliphatic carbocycles. The summed E-state index contributed by atoms with van der Waals surface area (Å²) in [5.41, 5.74) is 7.39. The molecule has 0 radical (unpaired) electrons. The molecule has 0 aliphatic heterocycles. The van der Waals surface area contributed by atoms with E-state index in [4.69, 9.17) is 18.9 Å². The second-order valence-corrected chi connectivity index (χ2v) is 6.67. The molecule has 8 heteroatoms. The fourth-order valence-corrected chi connectivity index (χ4v) is 2.85. The fraction of sp³-hybridized carbons (Fsp3) is 0.364. The van der Waals surface area contributed by atoms with Crippen LogP contribution in [0.1, 0.15) is 23.6 Å². The van der Waals surface area contributed by atoms with E-state index in [1.54, 1.807) is 25.1 Å². The Balaban J connectivity index is 1.97. The number of methoxy groups -OCH3 is 3. The van der Waals surface area contributed by atoms with Gasteiger partial charge in [0.2, 0.25) is 11.7 Å². The van der Waals surface area contributed by atoms with E-state index in [9.17, 15) is 9.59 Å². The van der Waals surface area contributed by atoms with E-state index in [-0.39, 0.29) is 6.42 Å². The maximum absolute atomic E-state index is 12.3. The maximum Gasteiger partial charge on any atom is 0.279 e. The van der Waals surface area contributed by atoms with Crippen molar-refractivity contribution in [3.63, 3.8) is 0 Å². The zero-order valence-electron chi connectivity index (χ0n) is 18.1. The van der Waals surface area contributed by atoms with Crippen molar-refractivity contribution < 1.29 is 28.5 Å². The SMILES string of the molecule is COc1ccc(CC(=O)NNC(=O)[C@@H](C)Oc2cccc(C)c2C)c(OC)c1OC. The van der Waals surface area contributed by atoms with E-state index >= 15 is 0 Å². The maximum atomic E-state index is 12.3. The van der Waals surface area contributed by atoms with E-state index in [2.05, 4.69) is 10.9 Å². The van der Waals surface area contributed by atoms with Crippen molar-refractivity contribution in [3.8, 4) is 23.0 Å². The van der Waals surface area contributed by atoms with Crippen LogP contribution in [0.5, 0.6) is 23.0 Å². The van der Waals surface area contributed by atoms with Gasteiger partial charge in [-0.1, -0.05) is 18.2 Å². The van der Waals surface area contributed by atoms with Gasteiger partial charge in [-0.2, -0.15) is 0 Å². The van der Waals surface area contributed by atoms with Crippen LogP contribution < -0.4 is 29.8 Å². The van der Waals surface area contributed by atoms with Crippen LogP contribution in [0.2, 0.25) is 0 Å². The smallest absolute Gasteiger partial charge is 0.279 e. The van der Waals surface area contributed by atoms with E-state index < -0.39 is 17.9 Å². The van der Waals surface area contributed by atoms with Crippen molar-refractivity contribution in [3.05, 3.63) is 47.0 Å². The molecule has 30 heavy (non-hydrogen) atoms. The third-order valence-corrected chi connectivity index (χ3v) is 4.69. The van der Waals surface area contributed by atoms with Crippen molar-refractivity contribution in [1.82, 2.24) is 10.9 Å². The number of ether oxygens (including phenoxy) is 4. The van der Waals surface area contributed by atoms with E-state index in [1.165, 1.54) is 21.3 Å². The van der Waals surface area contributed by atoms with Crippen molar-refractivity contribution >= 4 is 11.8 Å². The van der Waals surface area contributed by atoms with Gasteiger partial charge in [0.25, 0.3) is 5.91 Å². The molecule has 2 amide bonds. The van der Waals surface area contributed by atoms with E-state index in [0.717, 1.165) is 11.1 Å². The Labute approximate surface area is 176 Å². The Morgan fingerprint density at radius 2 is 1.60 bits per heavy atom. The van der Waals surface area contributed by atoms with Crippen LogP contribution in [0.15, 0.2) is 30.3 Å². The highest BCUT2D eigenvalue weighted by Gasteiger charge is 2.20. The van der Waals surface area contributed by atoms with Crippen LogP contribution in [0.25, 0.3) is 0 Å². The average Bonchev–Trinajstić information content (AvgIpc) is 2.74. The van der Waals surface area contributed by atoms with Crippen LogP contribution >= 0.6 is 0 Å². The predicted octanol–water partition coefficient (Wildman–Crippen LogP) is 2.49. The highest BCUT2D eigenvalue weighted by molar-refractivity contribution is 5.86. The first-order valence-corrected chi connectivity index (χ1v) is 9.41. The first-order chi connectivity index (χ1) is 14.3. The molecule has 0 aromatic heterocycles. The minimum absolute atomic E-state index is 0.0317. The summed E-state index contributed by atoms with van der Waals surface area (Å²) in [6.45, 7) is 5.50. The van der Waals surface area contributed by atoms with E-state index in [1.807, 2.05) is 26.0 Å². The monoisotopic (exact) mass is 416 g/mol. The zero-order valence-corrected chi connectivity index (χ0v) is 18.1. The number of benzene rings is 2. The normalized spacial score (nSPS) is 11.3. The highest BCUT2D eigenvalue weighted by Crippen LogP contribution is 2.39. The fourth-order valence-electron chi connectivity index (χ4n) is 2.85. The number of hydrogen-bond donors (Lipinski definition) is 2. The molecule has 0 unspecified atom stereocenters. The molecular weight excluding hydrogens is 388 g/mol. The zero-order chi connectivity index (χ0) is 22.3. The molecule has 2 aromatic carbocycles. The molecule has 0 heterocycles. The molecule has 1 atom stereocenters. The second kappa shape index (κ2) is 10.4. The number of nitrogens with one attached hydrogen (secondary N) is 2. The number of hydrazine groups is 1. The van der Waals surface area contributed by atoms with E-state index in [0.29, 0.717) is 28.6 Å².